The number of hydrogen-bond donors (Lipinski definition) is 1. The second kappa shape index (κ2) is 4.30. The van der Waals surface area contributed by atoms with E-state index in [9.17, 15) is 0 Å². The Balaban J connectivity index is 2.37. The summed E-state index contributed by atoms with van der Waals surface area (Å²) < 4.78 is 2.80. The fourth-order valence-electron chi connectivity index (χ4n) is 1.95. The summed E-state index contributed by atoms with van der Waals surface area (Å²) in [6.45, 7) is 0. The van der Waals surface area contributed by atoms with E-state index < -0.39 is 0 Å². The number of imidazole rings is 1. The molecule has 0 amide bonds. The average molecular weight is 323 g/mol. The second-order valence-corrected chi connectivity index (χ2v) is 5.18. The van der Waals surface area contributed by atoms with Crippen LogP contribution in [-0.2, 0) is 0 Å². The van der Waals surface area contributed by atoms with Gasteiger partial charge in [-0.05, 0) is 46.3 Å². The maximum atomic E-state index is 6.04. The summed E-state index contributed by atoms with van der Waals surface area (Å²) in [7, 11) is 0. The van der Waals surface area contributed by atoms with Gasteiger partial charge in [0.15, 0.2) is 0 Å². The minimum Gasteiger partial charge on any atom is -0.369 e. The molecule has 0 radical (unpaired) electrons. The van der Waals surface area contributed by atoms with Gasteiger partial charge >= 0.3 is 0 Å². The third-order valence-electron chi connectivity index (χ3n) is 2.74. The van der Waals surface area contributed by atoms with Gasteiger partial charge in [-0.1, -0.05) is 23.7 Å². The van der Waals surface area contributed by atoms with Crippen molar-refractivity contribution < 1.29 is 0 Å². The Bertz CT molecular complexity index is 736. The van der Waals surface area contributed by atoms with Gasteiger partial charge < -0.3 is 5.73 Å². The summed E-state index contributed by atoms with van der Waals surface area (Å²) in [5.41, 5.74) is 8.69. The lowest BCUT2D eigenvalue weighted by atomic mass is 10.3. The number of aromatic nitrogens is 2. The van der Waals surface area contributed by atoms with Crippen LogP contribution >= 0.6 is 27.5 Å². The lowest BCUT2D eigenvalue weighted by Gasteiger charge is -2.09. The van der Waals surface area contributed by atoms with Gasteiger partial charge in [0.05, 0.1) is 16.7 Å². The summed E-state index contributed by atoms with van der Waals surface area (Å²) >= 11 is 9.55. The number of para-hydroxylation sites is 2. The number of nitrogen functional groups attached to an aromatic ring is 1. The molecule has 1 aromatic heterocycles. The van der Waals surface area contributed by atoms with E-state index in [-0.39, 0.29) is 0 Å². The van der Waals surface area contributed by atoms with E-state index in [0.717, 1.165) is 21.2 Å². The lowest BCUT2D eigenvalue weighted by Crippen LogP contribution is -2.01. The van der Waals surface area contributed by atoms with Gasteiger partial charge in [-0.15, -0.1) is 0 Å². The number of benzene rings is 2. The van der Waals surface area contributed by atoms with E-state index in [2.05, 4.69) is 20.9 Å². The summed E-state index contributed by atoms with van der Waals surface area (Å²) in [4.78, 5) is 4.34. The van der Waals surface area contributed by atoms with Crippen LogP contribution in [0.5, 0.6) is 0 Å². The lowest BCUT2D eigenvalue weighted by molar-refractivity contribution is 1.10. The van der Waals surface area contributed by atoms with Crippen molar-refractivity contribution in [1.82, 2.24) is 9.55 Å². The maximum absolute atomic E-state index is 6.04. The summed E-state index contributed by atoms with van der Waals surface area (Å²) in [5.74, 6) is 0.444. The third kappa shape index (κ3) is 1.78. The van der Waals surface area contributed by atoms with E-state index in [1.54, 1.807) is 0 Å². The molecule has 0 aliphatic rings. The van der Waals surface area contributed by atoms with Crippen molar-refractivity contribution >= 4 is 44.5 Å². The van der Waals surface area contributed by atoms with Crippen molar-refractivity contribution in [1.29, 1.82) is 0 Å². The van der Waals surface area contributed by atoms with Crippen molar-refractivity contribution in [2.24, 2.45) is 0 Å². The molecule has 2 aromatic carbocycles. The van der Waals surface area contributed by atoms with Crippen LogP contribution in [0.3, 0.4) is 0 Å². The summed E-state index contributed by atoms with van der Waals surface area (Å²) in [6.07, 6.45) is 0. The molecule has 0 atom stereocenters. The van der Waals surface area contributed by atoms with Crippen molar-refractivity contribution in [2.45, 2.75) is 0 Å². The van der Waals surface area contributed by atoms with Crippen molar-refractivity contribution in [3.63, 3.8) is 0 Å². The van der Waals surface area contributed by atoms with E-state index in [0.29, 0.717) is 11.0 Å². The van der Waals surface area contributed by atoms with Crippen LogP contribution in [-0.4, -0.2) is 9.55 Å². The fraction of sp³-hybridized carbons (Fsp3) is 0. The second-order valence-electron chi connectivity index (χ2n) is 3.89. The number of rotatable bonds is 1. The molecule has 90 valence electrons. The number of nitrogens with two attached hydrogens (primary N) is 1. The van der Waals surface area contributed by atoms with Crippen LogP contribution < -0.4 is 5.73 Å². The van der Waals surface area contributed by atoms with E-state index in [4.69, 9.17) is 17.3 Å². The first kappa shape index (κ1) is 11.6. The van der Waals surface area contributed by atoms with Crippen molar-refractivity contribution in [3.8, 4) is 5.69 Å². The fourth-order valence-corrected chi connectivity index (χ4v) is 2.55. The highest BCUT2D eigenvalue weighted by Crippen LogP contribution is 2.30. The Morgan fingerprint density at radius 3 is 2.78 bits per heavy atom. The SMILES string of the molecule is Nc1nc2ccccc2n1-c1cc(Cl)ccc1Br. The molecule has 0 saturated heterocycles. The quantitative estimate of drug-likeness (QED) is 0.735. The van der Waals surface area contributed by atoms with Crippen LogP contribution in [0, 0.1) is 0 Å². The van der Waals surface area contributed by atoms with Crippen molar-refractivity contribution in [3.05, 3.63) is 52.0 Å². The van der Waals surface area contributed by atoms with E-state index >= 15 is 0 Å². The molecule has 0 aliphatic carbocycles. The summed E-state index contributed by atoms with van der Waals surface area (Å²) in [6, 6.07) is 13.4. The molecule has 3 rings (SSSR count). The molecule has 2 N–H and O–H groups in total. The van der Waals surface area contributed by atoms with Gasteiger partial charge in [0.2, 0.25) is 5.95 Å². The zero-order chi connectivity index (χ0) is 12.7. The highest BCUT2D eigenvalue weighted by molar-refractivity contribution is 9.10. The van der Waals surface area contributed by atoms with Crippen molar-refractivity contribution in [2.75, 3.05) is 5.73 Å². The molecule has 0 fully saturated rings. The molecule has 0 saturated carbocycles. The highest BCUT2D eigenvalue weighted by Gasteiger charge is 2.12. The first-order valence-corrected chi connectivity index (χ1v) is 6.52. The smallest absolute Gasteiger partial charge is 0.205 e. The van der Waals surface area contributed by atoms with Gasteiger partial charge in [0, 0.05) is 9.50 Å². The molecule has 18 heavy (non-hydrogen) atoms. The molecule has 0 aliphatic heterocycles. The monoisotopic (exact) mass is 321 g/mol. The number of fused-ring (bicyclic) bond motifs is 1. The maximum Gasteiger partial charge on any atom is 0.205 e. The number of hydrogen-bond acceptors (Lipinski definition) is 2. The van der Waals surface area contributed by atoms with Crippen LogP contribution in [0.1, 0.15) is 0 Å². The van der Waals surface area contributed by atoms with Crippen LogP contribution in [0.4, 0.5) is 5.95 Å². The molecule has 3 aromatic rings. The Kier molecular flexibility index (Phi) is 2.76. The molecule has 0 unspecified atom stereocenters. The highest BCUT2D eigenvalue weighted by atomic mass is 79.9. The minimum atomic E-state index is 0.444. The Morgan fingerprint density at radius 2 is 1.94 bits per heavy atom. The predicted molar refractivity (Wildman–Crippen MR) is 78.2 cm³/mol. The average Bonchev–Trinajstić information content (AvgIpc) is 2.68. The summed E-state index contributed by atoms with van der Waals surface area (Å²) in [5, 5.41) is 0.658. The topological polar surface area (TPSA) is 43.8 Å². The molecule has 0 bridgehead atoms. The Hall–Kier alpha value is -1.52. The molecule has 3 nitrogen and oxygen atoms in total. The van der Waals surface area contributed by atoms with Gasteiger partial charge in [-0.3, -0.25) is 4.57 Å². The zero-order valence-corrected chi connectivity index (χ0v) is 11.6. The van der Waals surface area contributed by atoms with Gasteiger partial charge in [0.25, 0.3) is 0 Å². The number of nitrogens with zero attached hydrogens (tertiary/aromatic N) is 2. The molecule has 1 heterocycles. The molecule has 0 spiro atoms. The first-order valence-electron chi connectivity index (χ1n) is 5.35. The Morgan fingerprint density at radius 1 is 1.17 bits per heavy atom. The standard InChI is InChI=1S/C13H9BrClN3/c14-9-6-5-8(15)7-12(9)18-11-4-2-1-3-10(11)17-13(18)16/h1-7H,(H2,16,17). The molecular formula is C13H9BrClN3. The first-order chi connectivity index (χ1) is 8.66. The van der Waals surface area contributed by atoms with Crippen LogP contribution in [0.25, 0.3) is 16.7 Å². The normalized spacial score (nSPS) is 11.0. The molecule has 5 heteroatoms. The van der Waals surface area contributed by atoms with Crippen LogP contribution in [0.2, 0.25) is 5.02 Å². The van der Waals surface area contributed by atoms with E-state index in [1.165, 1.54) is 0 Å². The van der Waals surface area contributed by atoms with Gasteiger partial charge in [0.1, 0.15) is 0 Å². The predicted octanol–water partition coefficient (Wildman–Crippen LogP) is 4.02. The Labute approximate surface area is 117 Å². The number of halogens is 2. The van der Waals surface area contributed by atoms with Gasteiger partial charge in [-0.2, -0.15) is 0 Å². The number of anilines is 1. The largest absolute Gasteiger partial charge is 0.369 e. The third-order valence-corrected chi connectivity index (χ3v) is 3.64. The minimum absolute atomic E-state index is 0.444. The van der Waals surface area contributed by atoms with Crippen LogP contribution in [0.15, 0.2) is 46.9 Å². The van der Waals surface area contributed by atoms with E-state index in [1.807, 2.05) is 47.0 Å². The zero-order valence-electron chi connectivity index (χ0n) is 9.27. The molecular weight excluding hydrogens is 314 g/mol. The van der Waals surface area contributed by atoms with Gasteiger partial charge in [-0.25, -0.2) is 4.98 Å².